The van der Waals surface area contributed by atoms with E-state index in [2.05, 4.69) is 37.5 Å². The third kappa shape index (κ3) is 9.29. The molecular weight excluding hydrogens is 489 g/mol. The summed E-state index contributed by atoms with van der Waals surface area (Å²) in [6.45, 7) is 12.1. The van der Waals surface area contributed by atoms with Gasteiger partial charge in [-0.2, -0.15) is 0 Å². The van der Waals surface area contributed by atoms with Crippen molar-refractivity contribution >= 4 is 41.5 Å². The molecule has 1 unspecified atom stereocenters. The lowest BCUT2D eigenvalue weighted by atomic mass is 9.85. The van der Waals surface area contributed by atoms with E-state index in [4.69, 9.17) is 26.1 Å². The third-order valence-electron chi connectivity index (χ3n) is 4.72. The number of benzene rings is 1. The minimum atomic E-state index is -0.0836. The van der Waals surface area contributed by atoms with Gasteiger partial charge < -0.3 is 20.1 Å². The molecule has 0 radical (unpaired) electrons. The van der Waals surface area contributed by atoms with Gasteiger partial charge in [-0.05, 0) is 37.5 Å². The SMILES string of the molecule is CCNC(=NCC(C)(C)c1cccc(Cl)c1)NCCCOCC1CCOC1.I. The van der Waals surface area contributed by atoms with Crippen molar-refractivity contribution in [2.24, 2.45) is 10.9 Å². The molecule has 0 aromatic heterocycles. The smallest absolute Gasteiger partial charge is 0.191 e. The van der Waals surface area contributed by atoms with E-state index in [1.165, 1.54) is 5.56 Å². The van der Waals surface area contributed by atoms with E-state index in [1.54, 1.807) is 0 Å². The lowest BCUT2D eigenvalue weighted by Crippen LogP contribution is -2.39. The molecule has 160 valence electrons. The zero-order chi connectivity index (χ0) is 19.5. The van der Waals surface area contributed by atoms with Crippen LogP contribution < -0.4 is 10.6 Å². The summed E-state index contributed by atoms with van der Waals surface area (Å²) in [6, 6.07) is 8.01. The molecule has 28 heavy (non-hydrogen) atoms. The summed E-state index contributed by atoms with van der Waals surface area (Å²) in [5, 5.41) is 7.46. The molecule has 1 aromatic rings. The van der Waals surface area contributed by atoms with Crippen LogP contribution in [0, 0.1) is 5.92 Å². The number of hydrogen-bond donors (Lipinski definition) is 2. The minimum absolute atomic E-state index is 0. The highest BCUT2D eigenvalue weighted by Gasteiger charge is 2.20. The van der Waals surface area contributed by atoms with E-state index in [-0.39, 0.29) is 29.4 Å². The molecule has 2 rings (SSSR count). The van der Waals surface area contributed by atoms with Crippen molar-refractivity contribution in [3.05, 3.63) is 34.9 Å². The van der Waals surface area contributed by atoms with Crippen molar-refractivity contribution in [2.75, 3.05) is 46.1 Å². The van der Waals surface area contributed by atoms with Crippen molar-refractivity contribution in [3.8, 4) is 0 Å². The van der Waals surface area contributed by atoms with Gasteiger partial charge in [0.25, 0.3) is 0 Å². The second kappa shape index (κ2) is 13.6. The zero-order valence-corrected chi connectivity index (χ0v) is 20.4. The summed E-state index contributed by atoms with van der Waals surface area (Å²) in [5.41, 5.74) is 1.11. The number of hydrogen-bond acceptors (Lipinski definition) is 3. The first kappa shape index (κ1) is 25.5. The molecule has 0 amide bonds. The molecule has 1 atom stereocenters. The first-order valence-electron chi connectivity index (χ1n) is 9.95. The predicted octanol–water partition coefficient (Wildman–Crippen LogP) is 4.23. The minimum Gasteiger partial charge on any atom is -0.381 e. The Bertz CT molecular complexity index is 593. The summed E-state index contributed by atoms with van der Waals surface area (Å²) in [7, 11) is 0. The van der Waals surface area contributed by atoms with E-state index >= 15 is 0 Å². The van der Waals surface area contributed by atoms with Gasteiger partial charge in [-0.15, -0.1) is 24.0 Å². The number of nitrogens with zero attached hydrogens (tertiary/aromatic N) is 1. The van der Waals surface area contributed by atoms with E-state index < -0.39 is 0 Å². The van der Waals surface area contributed by atoms with Crippen LogP contribution in [0.5, 0.6) is 0 Å². The van der Waals surface area contributed by atoms with Gasteiger partial charge in [-0.25, -0.2) is 0 Å². The van der Waals surface area contributed by atoms with Gasteiger partial charge in [0.15, 0.2) is 5.96 Å². The zero-order valence-electron chi connectivity index (χ0n) is 17.3. The average Bonchev–Trinajstić information content (AvgIpc) is 3.16. The fraction of sp³-hybridized carbons (Fsp3) is 0.667. The molecule has 0 aliphatic carbocycles. The summed E-state index contributed by atoms with van der Waals surface area (Å²) >= 11 is 6.14. The Morgan fingerprint density at radius 1 is 1.36 bits per heavy atom. The molecule has 1 aliphatic heterocycles. The summed E-state index contributed by atoms with van der Waals surface area (Å²) < 4.78 is 11.1. The topological polar surface area (TPSA) is 54.9 Å². The van der Waals surface area contributed by atoms with Gasteiger partial charge in [0, 0.05) is 42.7 Å². The van der Waals surface area contributed by atoms with E-state index in [9.17, 15) is 0 Å². The maximum absolute atomic E-state index is 6.14. The molecule has 0 bridgehead atoms. The fourth-order valence-electron chi connectivity index (χ4n) is 2.96. The van der Waals surface area contributed by atoms with Crippen LogP contribution in [0.1, 0.15) is 39.2 Å². The number of nitrogens with one attached hydrogen (secondary N) is 2. The Kier molecular flexibility index (Phi) is 12.4. The van der Waals surface area contributed by atoms with Crippen LogP contribution in [0.25, 0.3) is 0 Å². The van der Waals surface area contributed by atoms with Crippen LogP contribution in [0.3, 0.4) is 0 Å². The Balaban J connectivity index is 0.00000392. The largest absolute Gasteiger partial charge is 0.381 e. The highest BCUT2D eigenvalue weighted by Crippen LogP contribution is 2.25. The number of rotatable bonds is 10. The number of aliphatic imine (C=N–C) groups is 1. The van der Waals surface area contributed by atoms with Crippen LogP contribution in [-0.4, -0.2) is 52.0 Å². The molecule has 1 saturated heterocycles. The lowest BCUT2D eigenvalue weighted by molar-refractivity contribution is 0.0888. The molecule has 7 heteroatoms. The fourth-order valence-corrected chi connectivity index (χ4v) is 3.16. The van der Waals surface area contributed by atoms with Crippen molar-refractivity contribution in [1.29, 1.82) is 0 Å². The molecule has 0 saturated carbocycles. The lowest BCUT2D eigenvalue weighted by Gasteiger charge is -2.24. The first-order chi connectivity index (χ1) is 13.0. The monoisotopic (exact) mass is 523 g/mol. The normalized spacial score (nSPS) is 17.3. The van der Waals surface area contributed by atoms with Gasteiger partial charge in [0.05, 0.1) is 19.8 Å². The summed E-state index contributed by atoms with van der Waals surface area (Å²) in [4.78, 5) is 4.77. The highest BCUT2D eigenvalue weighted by molar-refractivity contribution is 14.0. The molecule has 5 nitrogen and oxygen atoms in total. The number of guanidine groups is 1. The maximum atomic E-state index is 6.14. The number of halogens is 2. The molecular formula is C21H35ClIN3O2. The van der Waals surface area contributed by atoms with Gasteiger partial charge in [-0.3, -0.25) is 4.99 Å². The van der Waals surface area contributed by atoms with Crippen molar-refractivity contribution in [3.63, 3.8) is 0 Å². The maximum Gasteiger partial charge on any atom is 0.191 e. The van der Waals surface area contributed by atoms with Crippen LogP contribution >= 0.6 is 35.6 Å². The third-order valence-corrected chi connectivity index (χ3v) is 4.95. The quantitative estimate of drug-likeness (QED) is 0.209. The van der Waals surface area contributed by atoms with Gasteiger partial charge in [-0.1, -0.05) is 37.6 Å². The Morgan fingerprint density at radius 3 is 2.86 bits per heavy atom. The molecule has 1 aliphatic rings. The van der Waals surface area contributed by atoms with Crippen LogP contribution in [-0.2, 0) is 14.9 Å². The van der Waals surface area contributed by atoms with E-state index in [0.29, 0.717) is 12.5 Å². The number of ether oxygens (including phenoxy) is 2. The van der Waals surface area contributed by atoms with Crippen molar-refractivity contribution in [1.82, 2.24) is 10.6 Å². The van der Waals surface area contributed by atoms with Crippen LogP contribution in [0.4, 0.5) is 0 Å². The second-order valence-electron chi connectivity index (χ2n) is 7.67. The Morgan fingerprint density at radius 2 is 2.18 bits per heavy atom. The van der Waals surface area contributed by atoms with Crippen LogP contribution in [0.2, 0.25) is 5.02 Å². The van der Waals surface area contributed by atoms with Crippen LogP contribution in [0.15, 0.2) is 29.3 Å². The Hall–Kier alpha value is -0.570. The summed E-state index contributed by atoms with van der Waals surface area (Å²) in [5.74, 6) is 1.42. The Labute approximate surface area is 192 Å². The molecule has 1 fully saturated rings. The average molecular weight is 524 g/mol. The highest BCUT2D eigenvalue weighted by atomic mass is 127. The van der Waals surface area contributed by atoms with E-state index in [0.717, 1.165) is 63.3 Å². The standard InChI is InChI=1S/C21H34ClN3O2.HI/c1-4-23-20(24-10-6-11-26-14-17-9-12-27-15-17)25-16-21(2,3)18-7-5-8-19(22)13-18;/h5,7-8,13,17H,4,6,9-12,14-16H2,1-3H3,(H2,23,24,25);1H. The molecule has 1 heterocycles. The second-order valence-corrected chi connectivity index (χ2v) is 8.11. The van der Waals surface area contributed by atoms with Gasteiger partial charge in [0.2, 0.25) is 0 Å². The molecule has 2 N–H and O–H groups in total. The van der Waals surface area contributed by atoms with Gasteiger partial charge in [0.1, 0.15) is 0 Å². The summed E-state index contributed by atoms with van der Waals surface area (Å²) in [6.07, 6.45) is 2.08. The predicted molar refractivity (Wildman–Crippen MR) is 128 cm³/mol. The van der Waals surface area contributed by atoms with E-state index in [1.807, 2.05) is 18.2 Å². The van der Waals surface area contributed by atoms with Crippen molar-refractivity contribution in [2.45, 2.75) is 39.0 Å². The van der Waals surface area contributed by atoms with Crippen molar-refractivity contribution < 1.29 is 9.47 Å². The molecule has 1 aromatic carbocycles. The first-order valence-corrected chi connectivity index (χ1v) is 10.3. The van der Waals surface area contributed by atoms with Gasteiger partial charge >= 0.3 is 0 Å². The molecule has 0 spiro atoms.